The molecule has 0 saturated carbocycles. The molecule has 24 heavy (non-hydrogen) atoms. The molecule has 0 bridgehead atoms. The molecule has 0 saturated heterocycles. The molecule has 0 radical (unpaired) electrons. The molecule has 9 heteroatoms. The number of nitrogens with one attached hydrogen (secondary N) is 2. The summed E-state index contributed by atoms with van der Waals surface area (Å²) in [5, 5.41) is 9.43. The van der Waals surface area contributed by atoms with E-state index in [2.05, 4.69) is 15.7 Å². The summed E-state index contributed by atoms with van der Waals surface area (Å²) in [7, 11) is 0. The molecular weight excluding hydrogens is 325 g/mol. The number of carbonyl (C=O) groups is 1. The van der Waals surface area contributed by atoms with Gasteiger partial charge in [-0.15, -0.1) is 0 Å². The second kappa shape index (κ2) is 5.88. The summed E-state index contributed by atoms with van der Waals surface area (Å²) in [6.45, 7) is 3.52. The SMILES string of the molecule is CC(C)NC(=O)c1cc2n(n1)[C@@H](C(F)(F)F)C[C@H](c1ccco1)N2. The van der Waals surface area contributed by atoms with E-state index in [9.17, 15) is 18.0 Å². The number of anilines is 1. The molecule has 0 unspecified atom stereocenters. The van der Waals surface area contributed by atoms with Gasteiger partial charge < -0.3 is 15.1 Å². The summed E-state index contributed by atoms with van der Waals surface area (Å²) in [5.41, 5.74) is -0.0551. The number of alkyl halides is 3. The molecule has 6 nitrogen and oxygen atoms in total. The molecule has 2 aromatic heterocycles. The number of hydrogen-bond acceptors (Lipinski definition) is 4. The summed E-state index contributed by atoms with van der Waals surface area (Å²) in [6.07, 6.45) is -3.34. The highest BCUT2D eigenvalue weighted by molar-refractivity contribution is 5.93. The van der Waals surface area contributed by atoms with Crippen molar-refractivity contribution >= 4 is 11.7 Å². The lowest BCUT2D eigenvalue weighted by molar-refractivity contribution is -0.174. The number of hydrogen-bond donors (Lipinski definition) is 2. The van der Waals surface area contributed by atoms with Crippen molar-refractivity contribution in [1.82, 2.24) is 15.1 Å². The zero-order valence-electron chi connectivity index (χ0n) is 13.1. The van der Waals surface area contributed by atoms with Gasteiger partial charge in [-0.25, -0.2) is 4.68 Å². The summed E-state index contributed by atoms with van der Waals surface area (Å²) in [6, 6.07) is 1.95. The van der Waals surface area contributed by atoms with Crippen LogP contribution in [0.4, 0.5) is 19.0 Å². The van der Waals surface area contributed by atoms with E-state index in [-0.39, 0.29) is 24.0 Å². The van der Waals surface area contributed by atoms with Crippen molar-refractivity contribution in [3.05, 3.63) is 35.9 Å². The maximum Gasteiger partial charge on any atom is 0.410 e. The molecule has 2 aromatic rings. The summed E-state index contributed by atoms with van der Waals surface area (Å²) < 4.78 is 46.4. The lowest BCUT2D eigenvalue weighted by Gasteiger charge is -2.32. The summed E-state index contributed by atoms with van der Waals surface area (Å²) in [5.74, 6) is 0.0351. The van der Waals surface area contributed by atoms with Crippen LogP contribution in [0, 0.1) is 0 Å². The quantitative estimate of drug-likeness (QED) is 0.898. The Labute approximate surface area is 136 Å². The molecule has 3 rings (SSSR count). The van der Waals surface area contributed by atoms with E-state index < -0.39 is 24.2 Å². The normalized spacial score (nSPS) is 20.6. The Kier molecular flexibility index (Phi) is 4.02. The van der Waals surface area contributed by atoms with E-state index in [1.165, 1.54) is 12.3 Å². The van der Waals surface area contributed by atoms with Crippen LogP contribution in [0.25, 0.3) is 0 Å². The van der Waals surface area contributed by atoms with E-state index in [4.69, 9.17) is 4.42 Å². The minimum Gasteiger partial charge on any atom is -0.467 e. The van der Waals surface area contributed by atoms with Crippen LogP contribution >= 0.6 is 0 Å². The number of rotatable bonds is 3. The molecule has 0 aromatic carbocycles. The van der Waals surface area contributed by atoms with Gasteiger partial charge in [0, 0.05) is 18.5 Å². The monoisotopic (exact) mass is 342 g/mol. The van der Waals surface area contributed by atoms with Gasteiger partial charge in [-0.3, -0.25) is 4.79 Å². The first-order chi connectivity index (χ1) is 11.3. The third kappa shape index (κ3) is 3.10. The minimum absolute atomic E-state index is 0.0551. The number of carbonyl (C=O) groups excluding carboxylic acids is 1. The predicted molar refractivity (Wildman–Crippen MR) is 79.6 cm³/mol. The fourth-order valence-corrected chi connectivity index (χ4v) is 2.70. The molecule has 0 aliphatic carbocycles. The van der Waals surface area contributed by atoms with Gasteiger partial charge >= 0.3 is 6.18 Å². The molecule has 0 fully saturated rings. The fourth-order valence-electron chi connectivity index (χ4n) is 2.70. The maximum absolute atomic E-state index is 13.4. The van der Waals surface area contributed by atoms with Crippen molar-refractivity contribution in [2.24, 2.45) is 0 Å². The Balaban J connectivity index is 1.95. The van der Waals surface area contributed by atoms with E-state index in [0.717, 1.165) is 4.68 Å². The molecular formula is C15H17F3N4O2. The van der Waals surface area contributed by atoms with Crippen LogP contribution in [0.5, 0.6) is 0 Å². The van der Waals surface area contributed by atoms with Crippen LogP contribution in [0.15, 0.2) is 28.9 Å². The highest BCUT2D eigenvalue weighted by Gasteiger charge is 2.47. The molecule has 1 amide bonds. The average Bonchev–Trinajstić information content (AvgIpc) is 3.13. The van der Waals surface area contributed by atoms with Crippen LogP contribution < -0.4 is 10.6 Å². The molecule has 1 aliphatic heterocycles. The van der Waals surface area contributed by atoms with Crippen molar-refractivity contribution in [2.45, 2.75) is 44.6 Å². The van der Waals surface area contributed by atoms with Crippen LogP contribution in [-0.4, -0.2) is 27.9 Å². The Hall–Kier alpha value is -2.45. The van der Waals surface area contributed by atoms with Gasteiger partial charge in [0.05, 0.1) is 12.3 Å². The van der Waals surface area contributed by atoms with Gasteiger partial charge in [0.1, 0.15) is 11.6 Å². The zero-order chi connectivity index (χ0) is 17.5. The predicted octanol–water partition coefficient (Wildman–Crippen LogP) is 3.27. The first-order valence-corrected chi connectivity index (χ1v) is 7.52. The molecule has 3 heterocycles. The topological polar surface area (TPSA) is 72.1 Å². The van der Waals surface area contributed by atoms with Crippen molar-refractivity contribution < 1.29 is 22.4 Å². The highest BCUT2D eigenvalue weighted by atomic mass is 19.4. The standard InChI is InChI=1S/C15H17F3N4O2/c1-8(2)19-14(23)10-7-13-20-9(11-4-3-5-24-11)6-12(15(16,17)18)22(13)21-10/h3-5,7-9,12,20H,6H2,1-2H3,(H,19,23)/t9-,12-/m1/s1. The van der Waals surface area contributed by atoms with E-state index in [0.29, 0.717) is 5.76 Å². The second-order valence-electron chi connectivity index (χ2n) is 5.99. The molecule has 2 N–H and O–H groups in total. The van der Waals surface area contributed by atoms with Gasteiger partial charge in [-0.2, -0.15) is 18.3 Å². The van der Waals surface area contributed by atoms with Gasteiger partial charge in [0.15, 0.2) is 11.7 Å². The van der Waals surface area contributed by atoms with Crippen LogP contribution in [0.2, 0.25) is 0 Å². The van der Waals surface area contributed by atoms with Crippen LogP contribution in [-0.2, 0) is 0 Å². The van der Waals surface area contributed by atoms with E-state index >= 15 is 0 Å². The second-order valence-corrected chi connectivity index (χ2v) is 5.99. The number of furan rings is 1. The number of aromatic nitrogens is 2. The van der Waals surface area contributed by atoms with Crippen molar-refractivity contribution in [1.29, 1.82) is 0 Å². The van der Waals surface area contributed by atoms with Gasteiger partial charge in [0.25, 0.3) is 5.91 Å². The van der Waals surface area contributed by atoms with Crippen molar-refractivity contribution in [3.63, 3.8) is 0 Å². The van der Waals surface area contributed by atoms with Gasteiger partial charge in [-0.1, -0.05) is 0 Å². The first-order valence-electron chi connectivity index (χ1n) is 7.52. The minimum atomic E-state index is -4.49. The third-order valence-corrected chi connectivity index (χ3v) is 3.73. The largest absolute Gasteiger partial charge is 0.467 e. The Morgan fingerprint density at radius 1 is 1.50 bits per heavy atom. The lowest BCUT2D eigenvalue weighted by Crippen LogP contribution is -2.36. The zero-order valence-corrected chi connectivity index (χ0v) is 13.1. The Morgan fingerprint density at radius 2 is 2.25 bits per heavy atom. The number of halogens is 3. The van der Waals surface area contributed by atoms with E-state index in [1.807, 2.05) is 0 Å². The molecule has 2 atom stereocenters. The Bertz CT molecular complexity index is 722. The maximum atomic E-state index is 13.4. The van der Waals surface area contributed by atoms with Crippen molar-refractivity contribution in [2.75, 3.05) is 5.32 Å². The number of nitrogens with zero attached hydrogens (tertiary/aromatic N) is 2. The summed E-state index contributed by atoms with van der Waals surface area (Å²) in [4.78, 5) is 12.0. The smallest absolute Gasteiger partial charge is 0.410 e. The molecule has 1 aliphatic rings. The van der Waals surface area contributed by atoms with Crippen LogP contribution in [0.1, 0.15) is 48.6 Å². The number of fused-ring (bicyclic) bond motifs is 1. The Morgan fingerprint density at radius 3 is 2.83 bits per heavy atom. The first kappa shape index (κ1) is 16.4. The lowest BCUT2D eigenvalue weighted by atomic mass is 10.0. The highest BCUT2D eigenvalue weighted by Crippen LogP contribution is 2.43. The average molecular weight is 342 g/mol. The fraction of sp³-hybridized carbons (Fsp3) is 0.467. The third-order valence-electron chi connectivity index (χ3n) is 3.73. The van der Waals surface area contributed by atoms with Gasteiger partial charge in [-0.05, 0) is 26.0 Å². The van der Waals surface area contributed by atoms with Crippen LogP contribution in [0.3, 0.4) is 0 Å². The molecule has 0 spiro atoms. The number of amides is 1. The molecule has 130 valence electrons. The van der Waals surface area contributed by atoms with Crippen molar-refractivity contribution in [3.8, 4) is 0 Å². The summed E-state index contributed by atoms with van der Waals surface area (Å²) >= 11 is 0. The van der Waals surface area contributed by atoms with Gasteiger partial charge in [0.2, 0.25) is 0 Å². The van der Waals surface area contributed by atoms with E-state index in [1.54, 1.807) is 26.0 Å².